The number of nitrogens with one attached hydrogen (secondary N) is 2. The average molecular weight is 157 g/mol. The Hall–Kier alpha value is -0.610. The Morgan fingerprint density at radius 1 is 1.82 bits per heavy atom. The second kappa shape index (κ2) is 4.31. The van der Waals surface area contributed by atoms with Gasteiger partial charge < -0.3 is 15.4 Å². The van der Waals surface area contributed by atoms with Gasteiger partial charge in [-0.15, -0.1) is 0 Å². The molecule has 4 nitrogen and oxygen atoms in total. The highest BCUT2D eigenvalue weighted by molar-refractivity contribution is 5.81. The van der Waals surface area contributed by atoms with Gasteiger partial charge in [0.2, 0.25) is 5.91 Å². The van der Waals surface area contributed by atoms with Gasteiger partial charge in [-0.2, -0.15) is 0 Å². The monoisotopic (exact) mass is 157 g/mol. The summed E-state index contributed by atoms with van der Waals surface area (Å²) in [5.41, 5.74) is 0. The van der Waals surface area contributed by atoms with Crippen molar-refractivity contribution in [2.45, 2.75) is 6.10 Å². The van der Waals surface area contributed by atoms with Gasteiger partial charge in [-0.3, -0.25) is 4.79 Å². The quantitative estimate of drug-likeness (QED) is 0.536. The van der Waals surface area contributed by atoms with E-state index in [2.05, 4.69) is 17.6 Å². The van der Waals surface area contributed by atoms with Crippen molar-refractivity contribution in [3.8, 4) is 0 Å². The Labute approximate surface area is 66.3 Å². The summed E-state index contributed by atoms with van der Waals surface area (Å²) in [6.07, 6.45) is -0.328. The number of carbonyl (C=O) groups is 1. The minimum Gasteiger partial charge on any atom is -0.366 e. The zero-order chi connectivity index (χ0) is 8.10. The van der Waals surface area contributed by atoms with E-state index in [0.29, 0.717) is 19.7 Å². The third-order valence-electron chi connectivity index (χ3n) is 1.52. The third-order valence-corrected chi connectivity index (χ3v) is 1.52. The van der Waals surface area contributed by atoms with Crippen molar-refractivity contribution >= 4 is 5.91 Å². The Balaban J connectivity index is 2.27. The number of morpholine rings is 1. The molecule has 1 aliphatic heterocycles. The Morgan fingerprint density at radius 2 is 2.64 bits per heavy atom. The predicted octanol–water partition coefficient (Wildman–Crippen LogP) is -1.07. The van der Waals surface area contributed by atoms with E-state index >= 15 is 0 Å². The minimum absolute atomic E-state index is 0.0767. The SMILES string of the molecule is [CH2]CNC(=O)C1CNCCO1. The second-order valence-corrected chi connectivity index (χ2v) is 2.35. The first kappa shape index (κ1) is 8.49. The van der Waals surface area contributed by atoms with Crippen LogP contribution in [0.3, 0.4) is 0 Å². The van der Waals surface area contributed by atoms with Crippen molar-refractivity contribution in [3.05, 3.63) is 6.92 Å². The third kappa shape index (κ3) is 2.48. The van der Waals surface area contributed by atoms with E-state index in [1.807, 2.05) is 0 Å². The molecule has 1 fully saturated rings. The van der Waals surface area contributed by atoms with Gasteiger partial charge in [-0.05, 0) is 6.92 Å². The molecule has 1 heterocycles. The predicted molar refractivity (Wildman–Crippen MR) is 41.0 cm³/mol. The molecule has 0 spiro atoms. The molecule has 0 aliphatic carbocycles. The Bertz CT molecular complexity index is 132. The first-order valence-electron chi connectivity index (χ1n) is 3.74. The van der Waals surface area contributed by atoms with Crippen LogP contribution in [0.1, 0.15) is 0 Å². The van der Waals surface area contributed by atoms with Crippen molar-refractivity contribution in [1.82, 2.24) is 10.6 Å². The molecule has 1 atom stereocenters. The summed E-state index contributed by atoms with van der Waals surface area (Å²) < 4.78 is 5.19. The largest absolute Gasteiger partial charge is 0.366 e. The van der Waals surface area contributed by atoms with Crippen LogP contribution >= 0.6 is 0 Å². The van der Waals surface area contributed by atoms with Gasteiger partial charge in [-0.25, -0.2) is 0 Å². The first-order valence-corrected chi connectivity index (χ1v) is 3.74. The molecule has 0 aromatic rings. The van der Waals surface area contributed by atoms with Crippen molar-refractivity contribution in [2.75, 3.05) is 26.2 Å². The molecule has 4 heteroatoms. The lowest BCUT2D eigenvalue weighted by Gasteiger charge is -2.22. The lowest BCUT2D eigenvalue weighted by atomic mass is 10.3. The summed E-state index contributed by atoms with van der Waals surface area (Å²) in [6.45, 7) is 5.96. The topological polar surface area (TPSA) is 50.4 Å². The molecule has 2 N–H and O–H groups in total. The van der Waals surface area contributed by atoms with Crippen molar-refractivity contribution < 1.29 is 9.53 Å². The first-order chi connectivity index (χ1) is 5.34. The molecule has 0 aromatic heterocycles. The van der Waals surface area contributed by atoms with Crippen LogP contribution in [0.15, 0.2) is 0 Å². The zero-order valence-electron chi connectivity index (χ0n) is 6.43. The summed E-state index contributed by atoms with van der Waals surface area (Å²) in [6, 6.07) is 0. The Kier molecular flexibility index (Phi) is 3.32. The van der Waals surface area contributed by atoms with Crippen molar-refractivity contribution in [1.29, 1.82) is 0 Å². The smallest absolute Gasteiger partial charge is 0.250 e. The van der Waals surface area contributed by atoms with E-state index in [0.717, 1.165) is 6.54 Å². The van der Waals surface area contributed by atoms with Gasteiger partial charge >= 0.3 is 0 Å². The molecular formula is C7H13N2O2. The molecule has 1 saturated heterocycles. The molecular weight excluding hydrogens is 144 g/mol. The van der Waals surface area contributed by atoms with Crippen molar-refractivity contribution in [2.24, 2.45) is 0 Å². The number of rotatable bonds is 2. The van der Waals surface area contributed by atoms with E-state index in [9.17, 15) is 4.79 Å². The van der Waals surface area contributed by atoms with Crippen LogP contribution in [0, 0.1) is 6.92 Å². The summed E-state index contributed by atoms with van der Waals surface area (Å²) in [5.74, 6) is -0.0767. The van der Waals surface area contributed by atoms with Gasteiger partial charge in [0, 0.05) is 19.6 Å². The molecule has 1 unspecified atom stereocenters. The van der Waals surface area contributed by atoms with Crippen LogP contribution in [-0.4, -0.2) is 38.3 Å². The molecule has 1 amide bonds. The summed E-state index contributed by atoms with van der Waals surface area (Å²) in [4.78, 5) is 11.1. The lowest BCUT2D eigenvalue weighted by Crippen LogP contribution is -2.47. The van der Waals surface area contributed by atoms with Crippen LogP contribution in [0.5, 0.6) is 0 Å². The maximum Gasteiger partial charge on any atom is 0.250 e. The van der Waals surface area contributed by atoms with Crippen LogP contribution in [0.2, 0.25) is 0 Å². The lowest BCUT2D eigenvalue weighted by molar-refractivity contribution is -0.133. The fourth-order valence-electron chi connectivity index (χ4n) is 0.971. The van der Waals surface area contributed by atoms with Crippen molar-refractivity contribution in [3.63, 3.8) is 0 Å². The normalized spacial score (nSPS) is 24.6. The molecule has 0 aromatic carbocycles. The minimum atomic E-state index is -0.328. The average Bonchev–Trinajstić information content (AvgIpc) is 2.07. The fraction of sp³-hybridized carbons (Fsp3) is 0.714. The number of carbonyl (C=O) groups excluding carboxylic acids is 1. The van der Waals surface area contributed by atoms with E-state index in [4.69, 9.17) is 4.74 Å². The van der Waals surface area contributed by atoms with E-state index < -0.39 is 0 Å². The Morgan fingerprint density at radius 3 is 3.18 bits per heavy atom. The van der Waals surface area contributed by atoms with Gasteiger partial charge in [0.1, 0.15) is 6.10 Å². The fourth-order valence-corrected chi connectivity index (χ4v) is 0.971. The highest BCUT2D eigenvalue weighted by atomic mass is 16.5. The van der Waals surface area contributed by atoms with E-state index in [1.54, 1.807) is 0 Å². The summed E-state index contributed by atoms with van der Waals surface area (Å²) >= 11 is 0. The number of ether oxygens (including phenoxy) is 1. The highest BCUT2D eigenvalue weighted by Crippen LogP contribution is 1.94. The molecule has 1 rings (SSSR count). The molecule has 1 radical (unpaired) electrons. The van der Waals surface area contributed by atoms with Crippen LogP contribution in [0.4, 0.5) is 0 Å². The van der Waals surface area contributed by atoms with Gasteiger partial charge in [0.15, 0.2) is 0 Å². The molecule has 0 saturated carbocycles. The summed E-state index contributed by atoms with van der Waals surface area (Å²) in [5, 5.41) is 5.67. The number of amides is 1. The molecule has 0 bridgehead atoms. The van der Waals surface area contributed by atoms with Gasteiger partial charge in [-0.1, -0.05) is 0 Å². The molecule has 1 aliphatic rings. The molecule has 11 heavy (non-hydrogen) atoms. The number of hydrogen-bond acceptors (Lipinski definition) is 3. The summed E-state index contributed by atoms with van der Waals surface area (Å²) in [7, 11) is 0. The van der Waals surface area contributed by atoms with Crippen LogP contribution < -0.4 is 10.6 Å². The van der Waals surface area contributed by atoms with Gasteiger partial charge in [0.05, 0.1) is 6.61 Å². The van der Waals surface area contributed by atoms with E-state index in [1.165, 1.54) is 0 Å². The standard InChI is InChI=1S/C7H13N2O2/c1-2-9-7(10)6-5-8-3-4-11-6/h6,8H,1-5H2,(H,9,10). The number of hydrogen-bond donors (Lipinski definition) is 2. The zero-order valence-corrected chi connectivity index (χ0v) is 6.43. The van der Waals surface area contributed by atoms with Gasteiger partial charge in [0.25, 0.3) is 0 Å². The van der Waals surface area contributed by atoms with E-state index in [-0.39, 0.29) is 12.0 Å². The maximum absolute atomic E-state index is 11.1. The highest BCUT2D eigenvalue weighted by Gasteiger charge is 2.20. The maximum atomic E-state index is 11.1. The van der Waals surface area contributed by atoms with Crippen LogP contribution in [-0.2, 0) is 9.53 Å². The van der Waals surface area contributed by atoms with Crippen LogP contribution in [0.25, 0.3) is 0 Å². The second-order valence-electron chi connectivity index (χ2n) is 2.35. The molecule has 63 valence electrons.